The Hall–Kier alpha value is -2.73. The first kappa shape index (κ1) is 20.5. The fraction of sp³-hybridized carbons (Fsp3) is 0.458. The van der Waals surface area contributed by atoms with Crippen molar-refractivity contribution in [3.05, 3.63) is 59.7 Å². The van der Waals surface area contributed by atoms with Gasteiger partial charge in [0.25, 0.3) is 0 Å². The van der Waals surface area contributed by atoms with E-state index >= 15 is 0 Å². The van der Waals surface area contributed by atoms with E-state index in [1.807, 2.05) is 36.2 Å². The molecule has 0 radical (unpaired) electrons. The number of benzene rings is 2. The maximum atomic E-state index is 12.7. The molecule has 0 bridgehead atoms. The molecule has 4 rings (SSSR count). The van der Waals surface area contributed by atoms with Gasteiger partial charge >= 0.3 is 0 Å². The van der Waals surface area contributed by atoms with Crippen LogP contribution >= 0.6 is 0 Å². The zero-order valence-corrected chi connectivity index (χ0v) is 18.0. The van der Waals surface area contributed by atoms with Gasteiger partial charge in [-0.25, -0.2) is 0 Å². The Kier molecular flexibility index (Phi) is 6.43. The number of hydrogen-bond donors (Lipinski definition) is 0. The summed E-state index contributed by atoms with van der Waals surface area (Å²) in [6.45, 7) is 6.47. The summed E-state index contributed by atoms with van der Waals surface area (Å²) in [6.07, 6.45) is 3.47. The first-order chi connectivity index (χ1) is 14.6. The molecular weight excluding hydrogens is 374 g/mol. The van der Waals surface area contributed by atoms with Crippen molar-refractivity contribution in [2.75, 3.05) is 33.2 Å². The minimum Gasteiger partial charge on any atom is -0.344 e. The van der Waals surface area contributed by atoms with Gasteiger partial charge in [-0.05, 0) is 61.9 Å². The molecule has 1 aliphatic rings. The average molecular weight is 406 g/mol. The van der Waals surface area contributed by atoms with E-state index in [2.05, 4.69) is 46.3 Å². The Morgan fingerprint density at radius 3 is 2.53 bits per heavy atom. The Balaban J connectivity index is 1.27. The SMILES string of the molecule is Cc1ccccc1CCN1CCC[C@H](CN(C)C(=O)Cn2nc3ccccc3n2)C1. The van der Waals surface area contributed by atoms with E-state index in [-0.39, 0.29) is 12.5 Å². The molecule has 158 valence electrons. The van der Waals surface area contributed by atoms with Crippen LogP contribution in [0, 0.1) is 12.8 Å². The van der Waals surface area contributed by atoms with E-state index in [0.717, 1.165) is 43.6 Å². The van der Waals surface area contributed by atoms with E-state index in [1.54, 1.807) is 0 Å². The molecule has 0 saturated carbocycles. The molecule has 0 unspecified atom stereocenters. The van der Waals surface area contributed by atoms with Crippen LogP contribution in [0.1, 0.15) is 24.0 Å². The standard InChI is InChI=1S/C24H31N5O/c1-19-8-3-4-10-21(19)13-15-28-14-7-9-20(17-28)16-27(2)24(30)18-29-25-22-11-5-6-12-23(22)26-29/h3-6,8,10-12,20H,7,9,13-18H2,1-2H3/t20-/m1/s1. The molecule has 1 aliphatic heterocycles. The number of piperidine rings is 1. The number of likely N-dealkylation sites (N-methyl/N-ethyl adjacent to an activating group) is 1. The maximum absolute atomic E-state index is 12.7. The second-order valence-corrected chi connectivity index (χ2v) is 8.48. The van der Waals surface area contributed by atoms with E-state index in [4.69, 9.17) is 0 Å². The molecule has 2 aromatic carbocycles. The number of amides is 1. The van der Waals surface area contributed by atoms with Crippen LogP contribution in [0.4, 0.5) is 0 Å². The topological polar surface area (TPSA) is 54.3 Å². The summed E-state index contributed by atoms with van der Waals surface area (Å²) in [5.74, 6) is 0.585. The third-order valence-corrected chi connectivity index (χ3v) is 6.12. The maximum Gasteiger partial charge on any atom is 0.245 e. The molecule has 30 heavy (non-hydrogen) atoms. The monoisotopic (exact) mass is 405 g/mol. The number of aryl methyl sites for hydroxylation is 1. The molecule has 1 saturated heterocycles. The second kappa shape index (κ2) is 9.39. The summed E-state index contributed by atoms with van der Waals surface area (Å²) in [5.41, 5.74) is 4.45. The molecule has 1 atom stereocenters. The molecule has 1 amide bonds. The average Bonchev–Trinajstić information content (AvgIpc) is 3.15. The van der Waals surface area contributed by atoms with Crippen LogP contribution in [0.25, 0.3) is 11.0 Å². The Morgan fingerprint density at radius 2 is 1.80 bits per heavy atom. The predicted octanol–water partition coefficient (Wildman–Crippen LogP) is 3.15. The normalized spacial score (nSPS) is 17.3. The lowest BCUT2D eigenvalue weighted by molar-refractivity contribution is -0.131. The summed E-state index contributed by atoms with van der Waals surface area (Å²) in [7, 11) is 1.90. The summed E-state index contributed by atoms with van der Waals surface area (Å²) >= 11 is 0. The number of rotatable bonds is 7. The molecule has 0 spiro atoms. The quantitative estimate of drug-likeness (QED) is 0.606. The third kappa shape index (κ3) is 5.05. The minimum atomic E-state index is 0.0624. The van der Waals surface area contributed by atoms with Crippen molar-refractivity contribution in [1.29, 1.82) is 0 Å². The van der Waals surface area contributed by atoms with Crippen molar-refractivity contribution in [3.63, 3.8) is 0 Å². The van der Waals surface area contributed by atoms with E-state index < -0.39 is 0 Å². The largest absolute Gasteiger partial charge is 0.344 e. The first-order valence-electron chi connectivity index (χ1n) is 10.9. The van der Waals surface area contributed by atoms with Gasteiger partial charge in [0.15, 0.2) is 0 Å². The molecular formula is C24H31N5O. The first-order valence-corrected chi connectivity index (χ1v) is 10.9. The van der Waals surface area contributed by atoms with Gasteiger partial charge < -0.3 is 9.80 Å². The Morgan fingerprint density at radius 1 is 1.10 bits per heavy atom. The van der Waals surface area contributed by atoms with Gasteiger partial charge in [0.05, 0.1) is 0 Å². The van der Waals surface area contributed by atoms with Crippen molar-refractivity contribution in [2.24, 2.45) is 5.92 Å². The molecule has 1 fully saturated rings. The highest BCUT2D eigenvalue weighted by atomic mass is 16.2. The molecule has 6 nitrogen and oxygen atoms in total. The highest BCUT2D eigenvalue weighted by Crippen LogP contribution is 2.19. The molecule has 0 aliphatic carbocycles. The lowest BCUT2D eigenvalue weighted by Gasteiger charge is -2.34. The lowest BCUT2D eigenvalue weighted by atomic mass is 9.96. The summed E-state index contributed by atoms with van der Waals surface area (Å²) in [5, 5.41) is 8.81. The summed E-state index contributed by atoms with van der Waals surface area (Å²) in [6, 6.07) is 16.3. The number of carbonyl (C=O) groups excluding carboxylic acids is 1. The lowest BCUT2D eigenvalue weighted by Crippen LogP contribution is -2.43. The minimum absolute atomic E-state index is 0.0624. The van der Waals surface area contributed by atoms with E-state index in [1.165, 1.54) is 28.8 Å². The van der Waals surface area contributed by atoms with E-state index in [9.17, 15) is 4.79 Å². The Bertz CT molecular complexity index is 965. The highest BCUT2D eigenvalue weighted by Gasteiger charge is 2.23. The molecule has 0 N–H and O–H groups in total. The van der Waals surface area contributed by atoms with Crippen LogP contribution in [-0.2, 0) is 17.8 Å². The van der Waals surface area contributed by atoms with Crippen molar-refractivity contribution >= 4 is 16.9 Å². The molecule has 1 aromatic heterocycles. The summed E-state index contributed by atoms with van der Waals surface area (Å²) < 4.78 is 0. The van der Waals surface area contributed by atoms with Gasteiger partial charge in [-0.1, -0.05) is 36.4 Å². The number of carbonyl (C=O) groups is 1. The van der Waals surface area contributed by atoms with Crippen LogP contribution in [0.3, 0.4) is 0 Å². The van der Waals surface area contributed by atoms with Crippen molar-refractivity contribution in [2.45, 2.75) is 32.7 Å². The third-order valence-electron chi connectivity index (χ3n) is 6.12. The predicted molar refractivity (Wildman–Crippen MR) is 119 cm³/mol. The second-order valence-electron chi connectivity index (χ2n) is 8.48. The number of fused-ring (bicyclic) bond motifs is 1. The highest BCUT2D eigenvalue weighted by molar-refractivity contribution is 5.77. The van der Waals surface area contributed by atoms with E-state index in [0.29, 0.717) is 5.92 Å². The van der Waals surface area contributed by atoms with Gasteiger partial charge in [-0.3, -0.25) is 4.79 Å². The van der Waals surface area contributed by atoms with Crippen LogP contribution in [0.2, 0.25) is 0 Å². The molecule has 3 aromatic rings. The van der Waals surface area contributed by atoms with Gasteiger partial charge in [0.1, 0.15) is 17.6 Å². The van der Waals surface area contributed by atoms with Crippen molar-refractivity contribution in [1.82, 2.24) is 24.8 Å². The van der Waals surface area contributed by atoms with Gasteiger partial charge in [-0.15, -0.1) is 0 Å². The Labute approximate surface area is 178 Å². The number of hydrogen-bond acceptors (Lipinski definition) is 4. The molecule has 2 heterocycles. The number of likely N-dealkylation sites (tertiary alicyclic amines) is 1. The van der Waals surface area contributed by atoms with Crippen LogP contribution in [-0.4, -0.2) is 63.9 Å². The zero-order chi connectivity index (χ0) is 20.9. The zero-order valence-electron chi connectivity index (χ0n) is 18.0. The van der Waals surface area contributed by atoms with Crippen LogP contribution in [0.5, 0.6) is 0 Å². The van der Waals surface area contributed by atoms with Crippen LogP contribution < -0.4 is 0 Å². The molecule has 6 heteroatoms. The number of nitrogens with zero attached hydrogens (tertiary/aromatic N) is 5. The fourth-order valence-corrected chi connectivity index (χ4v) is 4.38. The fourth-order valence-electron chi connectivity index (χ4n) is 4.38. The smallest absolute Gasteiger partial charge is 0.245 e. The summed E-state index contributed by atoms with van der Waals surface area (Å²) in [4.78, 5) is 18.6. The van der Waals surface area contributed by atoms with Crippen molar-refractivity contribution in [3.8, 4) is 0 Å². The van der Waals surface area contributed by atoms with Gasteiger partial charge in [0.2, 0.25) is 5.91 Å². The van der Waals surface area contributed by atoms with Gasteiger partial charge in [-0.2, -0.15) is 15.0 Å². The number of aromatic nitrogens is 3. The van der Waals surface area contributed by atoms with Crippen molar-refractivity contribution < 1.29 is 4.79 Å². The van der Waals surface area contributed by atoms with Crippen LogP contribution in [0.15, 0.2) is 48.5 Å². The van der Waals surface area contributed by atoms with Gasteiger partial charge in [0, 0.05) is 26.7 Å².